The van der Waals surface area contributed by atoms with Crippen molar-refractivity contribution in [2.24, 2.45) is 0 Å². The van der Waals surface area contributed by atoms with Crippen LogP contribution in [0.2, 0.25) is 0 Å². The Balaban J connectivity index is 2.28. The SMILES string of the molecule is COCC(=O)CC(=O)NCc1ccccc1. The normalized spacial score (nSPS) is 9.81. The quantitative estimate of drug-likeness (QED) is 0.726. The van der Waals surface area contributed by atoms with Crippen molar-refractivity contribution < 1.29 is 14.3 Å². The van der Waals surface area contributed by atoms with Crippen molar-refractivity contribution in [3.05, 3.63) is 35.9 Å². The fourth-order valence-corrected chi connectivity index (χ4v) is 1.25. The number of ketones is 1. The van der Waals surface area contributed by atoms with E-state index in [2.05, 4.69) is 10.1 Å². The van der Waals surface area contributed by atoms with Gasteiger partial charge >= 0.3 is 0 Å². The fraction of sp³-hybridized carbons (Fsp3) is 0.333. The Bertz CT molecular complexity index is 349. The number of amides is 1. The van der Waals surface area contributed by atoms with Gasteiger partial charge in [-0.15, -0.1) is 0 Å². The number of benzene rings is 1. The van der Waals surface area contributed by atoms with Crippen LogP contribution in [0.4, 0.5) is 0 Å². The molecule has 1 N–H and O–H groups in total. The van der Waals surface area contributed by atoms with Crippen LogP contribution in [0.1, 0.15) is 12.0 Å². The lowest BCUT2D eigenvalue weighted by Gasteiger charge is -2.04. The van der Waals surface area contributed by atoms with Crippen molar-refractivity contribution in [2.75, 3.05) is 13.7 Å². The highest BCUT2D eigenvalue weighted by Crippen LogP contribution is 1.97. The summed E-state index contributed by atoms with van der Waals surface area (Å²) < 4.78 is 4.64. The molecular formula is C12H15NO3. The topological polar surface area (TPSA) is 55.4 Å². The van der Waals surface area contributed by atoms with E-state index >= 15 is 0 Å². The molecule has 1 rings (SSSR count). The minimum Gasteiger partial charge on any atom is -0.377 e. The maximum Gasteiger partial charge on any atom is 0.227 e. The first-order chi connectivity index (χ1) is 7.72. The molecule has 0 radical (unpaired) electrons. The predicted molar refractivity (Wildman–Crippen MR) is 59.8 cm³/mol. The van der Waals surface area contributed by atoms with E-state index in [1.807, 2.05) is 30.3 Å². The molecule has 0 bridgehead atoms. The lowest BCUT2D eigenvalue weighted by Crippen LogP contribution is -2.26. The second kappa shape index (κ2) is 6.74. The summed E-state index contributed by atoms with van der Waals surface area (Å²) >= 11 is 0. The fourth-order valence-electron chi connectivity index (χ4n) is 1.25. The van der Waals surface area contributed by atoms with Crippen molar-refractivity contribution in [1.82, 2.24) is 5.32 Å². The van der Waals surface area contributed by atoms with E-state index in [0.717, 1.165) is 5.56 Å². The monoisotopic (exact) mass is 221 g/mol. The largest absolute Gasteiger partial charge is 0.377 e. The van der Waals surface area contributed by atoms with E-state index in [1.54, 1.807) is 0 Å². The third kappa shape index (κ3) is 4.70. The maximum absolute atomic E-state index is 11.3. The molecule has 4 nitrogen and oxygen atoms in total. The molecule has 0 saturated carbocycles. The van der Waals surface area contributed by atoms with Crippen LogP contribution in [0.5, 0.6) is 0 Å². The van der Waals surface area contributed by atoms with Crippen molar-refractivity contribution >= 4 is 11.7 Å². The first-order valence-corrected chi connectivity index (χ1v) is 5.03. The minimum atomic E-state index is -0.272. The molecule has 86 valence electrons. The van der Waals surface area contributed by atoms with Gasteiger partial charge in [0.05, 0.1) is 6.42 Å². The van der Waals surface area contributed by atoms with Gasteiger partial charge in [0.15, 0.2) is 5.78 Å². The summed E-state index contributed by atoms with van der Waals surface area (Å²) in [7, 11) is 1.43. The summed E-state index contributed by atoms with van der Waals surface area (Å²) in [5.41, 5.74) is 1.01. The molecule has 0 aliphatic rings. The van der Waals surface area contributed by atoms with Crippen molar-refractivity contribution in [1.29, 1.82) is 0 Å². The summed E-state index contributed by atoms with van der Waals surface area (Å²) in [6.45, 7) is 0.429. The molecule has 1 aromatic rings. The van der Waals surface area contributed by atoms with E-state index in [4.69, 9.17) is 0 Å². The predicted octanol–water partition coefficient (Wildman–Crippen LogP) is 0.908. The zero-order valence-corrected chi connectivity index (χ0v) is 9.23. The zero-order valence-electron chi connectivity index (χ0n) is 9.23. The van der Waals surface area contributed by atoms with Gasteiger partial charge in [0.1, 0.15) is 6.61 Å². The van der Waals surface area contributed by atoms with Crippen molar-refractivity contribution in [3.63, 3.8) is 0 Å². The van der Waals surface area contributed by atoms with Gasteiger partial charge < -0.3 is 10.1 Å². The maximum atomic E-state index is 11.3. The van der Waals surface area contributed by atoms with E-state index in [-0.39, 0.29) is 24.7 Å². The van der Waals surface area contributed by atoms with E-state index in [0.29, 0.717) is 6.54 Å². The highest BCUT2D eigenvalue weighted by Gasteiger charge is 2.08. The molecule has 0 aliphatic heterocycles. The van der Waals surface area contributed by atoms with Crippen LogP contribution in [0.25, 0.3) is 0 Å². The number of methoxy groups -OCH3 is 1. The minimum absolute atomic E-state index is 0.0151. The first kappa shape index (κ1) is 12.4. The molecular weight excluding hydrogens is 206 g/mol. The molecule has 0 unspecified atom stereocenters. The number of carbonyl (C=O) groups excluding carboxylic acids is 2. The summed E-state index contributed by atoms with van der Waals surface area (Å²) in [6.07, 6.45) is -0.124. The van der Waals surface area contributed by atoms with E-state index in [9.17, 15) is 9.59 Å². The average Bonchev–Trinajstić information content (AvgIpc) is 2.28. The van der Waals surface area contributed by atoms with Crippen LogP contribution < -0.4 is 5.32 Å². The molecule has 0 fully saturated rings. The van der Waals surface area contributed by atoms with E-state index < -0.39 is 0 Å². The van der Waals surface area contributed by atoms with Gasteiger partial charge in [0.25, 0.3) is 0 Å². The van der Waals surface area contributed by atoms with Gasteiger partial charge in [0.2, 0.25) is 5.91 Å². The lowest BCUT2D eigenvalue weighted by atomic mass is 10.2. The van der Waals surface area contributed by atoms with Gasteiger partial charge in [-0.25, -0.2) is 0 Å². The molecule has 0 spiro atoms. The Labute approximate surface area is 94.6 Å². The molecule has 0 aromatic heterocycles. The molecule has 16 heavy (non-hydrogen) atoms. The van der Waals surface area contributed by atoms with Crippen LogP contribution in [0.15, 0.2) is 30.3 Å². The Hall–Kier alpha value is -1.68. The van der Waals surface area contributed by atoms with Gasteiger partial charge in [-0.1, -0.05) is 30.3 Å². The smallest absolute Gasteiger partial charge is 0.227 e. The molecule has 0 saturated heterocycles. The molecule has 0 aliphatic carbocycles. The summed E-state index contributed by atoms with van der Waals surface area (Å²) in [6, 6.07) is 9.54. The number of rotatable bonds is 6. The molecule has 0 heterocycles. The van der Waals surface area contributed by atoms with Gasteiger partial charge in [0, 0.05) is 13.7 Å². The second-order valence-electron chi connectivity index (χ2n) is 3.41. The summed E-state index contributed by atoms with van der Waals surface area (Å²) in [5.74, 6) is -0.487. The van der Waals surface area contributed by atoms with Crippen molar-refractivity contribution in [3.8, 4) is 0 Å². The third-order valence-electron chi connectivity index (χ3n) is 2.00. The Kier molecular flexibility index (Phi) is 5.22. The molecule has 1 amide bonds. The van der Waals surface area contributed by atoms with Crippen LogP contribution >= 0.6 is 0 Å². The Morgan fingerprint density at radius 2 is 1.94 bits per heavy atom. The first-order valence-electron chi connectivity index (χ1n) is 5.03. The molecule has 4 heteroatoms. The van der Waals surface area contributed by atoms with Crippen LogP contribution in [0, 0.1) is 0 Å². The number of carbonyl (C=O) groups is 2. The van der Waals surface area contributed by atoms with Crippen LogP contribution in [-0.4, -0.2) is 25.4 Å². The van der Waals surface area contributed by atoms with Gasteiger partial charge in [-0.3, -0.25) is 9.59 Å². The third-order valence-corrected chi connectivity index (χ3v) is 2.00. The van der Waals surface area contributed by atoms with Gasteiger partial charge in [-0.2, -0.15) is 0 Å². The second-order valence-corrected chi connectivity index (χ2v) is 3.41. The Morgan fingerprint density at radius 3 is 2.56 bits per heavy atom. The number of Topliss-reactive ketones (excluding diaryl/α,β-unsaturated/α-hetero) is 1. The van der Waals surface area contributed by atoms with Crippen LogP contribution in [0.3, 0.4) is 0 Å². The standard InChI is InChI=1S/C12H15NO3/c1-16-9-11(14)7-12(15)13-8-10-5-3-2-4-6-10/h2-6H,7-9H2,1H3,(H,13,15). The molecule has 1 aromatic carbocycles. The summed E-state index contributed by atoms with van der Waals surface area (Å²) in [5, 5.41) is 2.67. The average molecular weight is 221 g/mol. The number of nitrogens with one attached hydrogen (secondary N) is 1. The van der Waals surface area contributed by atoms with Crippen molar-refractivity contribution in [2.45, 2.75) is 13.0 Å². The highest BCUT2D eigenvalue weighted by atomic mass is 16.5. The lowest BCUT2D eigenvalue weighted by molar-refractivity contribution is -0.130. The number of ether oxygens (including phenoxy) is 1. The van der Waals surface area contributed by atoms with Crippen LogP contribution in [-0.2, 0) is 20.9 Å². The number of hydrogen-bond acceptors (Lipinski definition) is 3. The highest BCUT2D eigenvalue weighted by molar-refractivity contribution is 5.98. The summed E-state index contributed by atoms with van der Waals surface area (Å²) in [4.78, 5) is 22.4. The number of hydrogen-bond donors (Lipinski definition) is 1. The van der Waals surface area contributed by atoms with Gasteiger partial charge in [-0.05, 0) is 5.56 Å². The Morgan fingerprint density at radius 1 is 1.25 bits per heavy atom. The van der Waals surface area contributed by atoms with E-state index in [1.165, 1.54) is 7.11 Å². The molecule has 0 atom stereocenters. The zero-order chi connectivity index (χ0) is 11.8.